The lowest BCUT2D eigenvalue weighted by Crippen LogP contribution is -2.71. The monoisotopic (exact) mass is 518 g/mol. The predicted octanol–water partition coefficient (Wildman–Crippen LogP) is 3.38. The molecule has 0 heterocycles. The number of nitrogens with zero attached hydrogens (tertiary/aromatic N) is 1. The highest BCUT2D eigenvalue weighted by atomic mass is 16.2. The number of amides is 5. The van der Waals surface area contributed by atoms with Gasteiger partial charge >= 0.3 is 12.1 Å². The van der Waals surface area contributed by atoms with Crippen molar-refractivity contribution in [2.24, 2.45) is 5.92 Å². The molecule has 1 aliphatic carbocycles. The van der Waals surface area contributed by atoms with Gasteiger partial charge in [0.2, 0.25) is 0 Å². The zero-order valence-electron chi connectivity index (χ0n) is 21.8. The van der Waals surface area contributed by atoms with E-state index in [9.17, 15) is 14.4 Å². The summed E-state index contributed by atoms with van der Waals surface area (Å²) in [5, 5.41) is 22.8. The van der Waals surface area contributed by atoms with Gasteiger partial charge in [-0.05, 0) is 29.9 Å². The fourth-order valence-corrected chi connectivity index (χ4v) is 4.84. The van der Waals surface area contributed by atoms with E-state index < -0.39 is 23.6 Å². The van der Waals surface area contributed by atoms with E-state index in [-0.39, 0.29) is 18.9 Å². The van der Waals surface area contributed by atoms with E-state index in [0.29, 0.717) is 25.9 Å². The van der Waals surface area contributed by atoms with Crippen molar-refractivity contribution in [2.45, 2.75) is 57.0 Å². The van der Waals surface area contributed by atoms with Crippen molar-refractivity contribution in [2.75, 3.05) is 19.6 Å². The Kier molecular flexibility index (Phi) is 11.4. The molecular weight excluding hydrogens is 480 g/mol. The number of hydrogen-bond donors (Lipinski definition) is 5. The van der Waals surface area contributed by atoms with Crippen LogP contribution in [0.4, 0.5) is 9.59 Å². The summed E-state index contributed by atoms with van der Waals surface area (Å²) >= 11 is 0. The van der Waals surface area contributed by atoms with Gasteiger partial charge in [0.15, 0.2) is 5.66 Å². The molecule has 1 aliphatic rings. The standard InChI is InChI=1S/C29H38N6O3/c30-18-21-31-26(36)29(22-25-14-8-3-9-15-25,34-27(37)32-19-16-23-10-4-1-5-11-23)35-28(38)33-20-17-24-12-6-2-7-13-24/h1-2,4-7,10-13,25H,3,8-9,14-17,19-22H2,(H,31,36)(H2,32,34,37)(H2,33,35,38). The van der Waals surface area contributed by atoms with Gasteiger partial charge in [-0.3, -0.25) is 4.79 Å². The number of carbonyl (C=O) groups excluding carboxylic acids is 3. The Labute approximate surface area is 224 Å². The highest BCUT2D eigenvalue weighted by Crippen LogP contribution is 2.30. The summed E-state index contributed by atoms with van der Waals surface area (Å²) < 4.78 is 0. The average molecular weight is 519 g/mol. The highest BCUT2D eigenvalue weighted by molar-refractivity contribution is 5.94. The van der Waals surface area contributed by atoms with Crippen LogP contribution in [0.2, 0.25) is 0 Å². The highest BCUT2D eigenvalue weighted by Gasteiger charge is 2.43. The summed E-state index contributed by atoms with van der Waals surface area (Å²) in [6.45, 7) is 0.483. The minimum Gasteiger partial charge on any atom is -0.339 e. The summed E-state index contributed by atoms with van der Waals surface area (Å²) in [4.78, 5) is 39.4. The minimum atomic E-state index is -1.70. The first-order valence-electron chi connectivity index (χ1n) is 13.4. The van der Waals surface area contributed by atoms with Crippen LogP contribution in [-0.4, -0.2) is 43.3 Å². The lowest BCUT2D eigenvalue weighted by Gasteiger charge is -2.37. The Morgan fingerprint density at radius 2 is 1.26 bits per heavy atom. The van der Waals surface area contributed by atoms with Crippen LogP contribution in [0.1, 0.15) is 49.7 Å². The molecule has 0 spiro atoms. The number of benzene rings is 2. The maximum absolute atomic E-state index is 13.4. The van der Waals surface area contributed by atoms with E-state index in [1.165, 1.54) is 0 Å². The molecule has 0 saturated heterocycles. The molecular formula is C29H38N6O3. The first kappa shape index (κ1) is 28.5. The van der Waals surface area contributed by atoms with E-state index >= 15 is 0 Å². The fourth-order valence-electron chi connectivity index (χ4n) is 4.84. The SMILES string of the molecule is N#CCNC(=O)C(CC1CCCCC1)(NC(=O)NCCc1ccccc1)NC(=O)NCCc1ccccc1. The third kappa shape index (κ3) is 9.43. The lowest BCUT2D eigenvalue weighted by molar-refractivity contribution is -0.129. The molecule has 202 valence electrons. The van der Waals surface area contributed by atoms with Crippen molar-refractivity contribution < 1.29 is 14.4 Å². The zero-order valence-corrected chi connectivity index (χ0v) is 21.8. The second-order valence-corrected chi connectivity index (χ2v) is 9.69. The van der Waals surface area contributed by atoms with Crippen LogP contribution in [0.3, 0.4) is 0 Å². The summed E-state index contributed by atoms with van der Waals surface area (Å²) in [7, 11) is 0. The van der Waals surface area contributed by atoms with Crippen molar-refractivity contribution in [1.29, 1.82) is 5.26 Å². The molecule has 0 atom stereocenters. The normalized spacial score (nSPS) is 13.6. The number of carbonyl (C=O) groups is 3. The smallest absolute Gasteiger partial charge is 0.317 e. The molecule has 9 heteroatoms. The molecule has 5 N–H and O–H groups in total. The lowest BCUT2D eigenvalue weighted by atomic mass is 9.82. The maximum Gasteiger partial charge on any atom is 0.317 e. The molecule has 2 aromatic carbocycles. The van der Waals surface area contributed by atoms with Gasteiger partial charge in [-0.15, -0.1) is 0 Å². The Morgan fingerprint density at radius 3 is 1.74 bits per heavy atom. The van der Waals surface area contributed by atoms with Crippen molar-refractivity contribution in [3.63, 3.8) is 0 Å². The first-order valence-corrected chi connectivity index (χ1v) is 13.4. The van der Waals surface area contributed by atoms with Crippen LogP contribution >= 0.6 is 0 Å². The van der Waals surface area contributed by atoms with Crippen LogP contribution in [0.25, 0.3) is 0 Å². The number of nitrogens with one attached hydrogen (secondary N) is 5. The molecule has 2 aromatic rings. The third-order valence-corrected chi connectivity index (χ3v) is 6.77. The molecule has 38 heavy (non-hydrogen) atoms. The van der Waals surface area contributed by atoms with Gasteiger partial charge in [-0.2, -0.15) is 5.26 Å². The molecule has 1 saturated carbocycles. The summed E-state index contributed by atoms with van der Waals surface area (Å²) in [5.41, 5.74) is 0.444. The van der Waals surface area contributed by atoms with Gasteiger partial charge in [0.1, 0.15) is 6.54 Å². The summed E-state index contributed by atoms with van der Waals surface area (Å²) in [5.74, 6) is -0.466. The summed E-state index contributed by atoms with van der Waals surface area (Å²) in [6.07, 6.45) is 6.49. The molecule has 5 amide bonds. The number of hydrogen-bond acceptors (Lipinski definition) is 4. The van der Waals surface area contributed by atoms with Crippen molar-refractivity contribution in [3.8, 4) is 6.07 Å². The van der Waals surface area contributed by atoms with Gasteiger partial charge in [0.05, 0.1) is 6.07 Å². The second-order valence-electron chi connectivity index (χ2n) is 9.69. The first-order chi connectivity index (χ1) is 18.5. The zero-order chi connectivity index (χ0) is 27.1. The third-order valence-electron chi connectivity index (χ3n) is 6.77. The van der Waals surface area contributed by atoms with Gasteiger partial charge in [0, 0.05) is 19.5 Å². The number of nitriles is 1. The van der Waals surface area contributed by atoms with E-state index in [2.05, 4.69) is 26.6 Å². The van der Waals surface area contributed by atoms with Gasteiger partial charge in [0.25, 0.3) is 5.91 Å². The van der Waals surface area contributed by atoms with Crippen LogP contribution in [0.15, 0.2) is 60.7 Å². The topological polar surface area (TPSA) is 135 Å². The Bertz CT molecular complexity index is 1010. The predicted molar refractivity (Wildman–Crippen MR) is 146 cm³/mol. The Hall–Kier alpha value is -4.06. The van der Waals surface area contributed by atoms with Gasteiger partial charge in [-0.1, -0.05) is 92.8 Å². The minimum absolute atomic E-state index is 0.144. The van der Waals surface area contributed by atoms with Crippen molar-refractivity contribution in [1.82, 2.24) is 26.6 Å². The van der Waals surface area contributed by atoms with Crippen LogP contribution < -0.4 is 26.6 Å². The maximum atomic E-state index is 13.4. The molecule has 9 nitrogen and oxygen atoms in total. The van der Waals surface area contributed by atoms with Gasteiger partial charge < -0.3 is 26.6 Å². The molecule has 0 unspecified atom stereocenters. The number of urea groups is 2. The van der Waals surface area contributed by atoms with E-state index in [1.807, 2.05) is 66.7 Å². The molecule has 3 rings (SSSR count). The van der Waals surface area contributed by atoms with E-state index in [1.54, 1.807) is 0 Å². The fraction of sp³-hybridized carbons (Fsp3) is 0.448. The Morgan fingerprint density at radius 1 is 0.763 bits per heavy atom. The van der Waals surface area contributed by atoms with Crippen LogP contribution in [0.5, 0.6) is 0 Å². The molecule has 1 fully saturated rings. The van der Waals surface area contributed by atoms with E-state index in [4.69, 9.17) is 5.26 Å². The molecule has 0 bridgehead atoms. The Balaban J connectivity index is 1.70. The average Bonchev–Trinajstić information content (AvgIpc) is 2.93. The van der Waals surface area contributed by atoms with Crippen LogP contribution in [0, 0.1) is 17.2 Å². The molecule has 0 aliphatic heterocycles. The second kappa shape index (κ2) is 15.3. The van der Waals surface area contributed by atoms with Crippen molar-refractivity contribution in [3.05, 3.63) is 71.8 Å². The summed E-state index contributed by atoms with van der Waals surface area (Å²) in [6, 6.07) is 20.3. The number of rotatable bonds is 12. The van der Waals surface area contributed by atoms with E-state index in [0.717, 1.165) is 43.2 Å². The largest absolute Gasteiger partial charge is 0.339 e. The van der Waals surface area contributed by atoms with Crippen molar-refractivity contribution >= 4 is 18.0 Å². The molecule has 0 radical (unpaired) electrons. The van der Waals surface area contributed by atoms with Crippen LogP contribution in [-0.2, 0) is 17.6 Å². The van der Waals surface area contributed by atoms with Gasteiger partial charge in [-0.25, -0.2) is 9.59 Å². The quantitative estimate of drug-likeness (QED) is 0.217. The molecule has 0 aromatic heterocycles.